The van der Waals surface area contributed by atoms with Crippen LogP contribution in [0.3, 0.4) is 0 Å². The van der Waals surface area contributed by atoms with Crippen LogP contribution in [0.1, 0.15) is 82.3 Å². The number of nitrogens with zero attached hydrogens (tertiary/aromatic N) is 3. The van der Waals surface area contributed by atoms with Gasteiger partial charge in [-0.15, -0.1) is 0 Å². The lowest BCUT2D eigenvalue weighted by Gasteiger charge is -2.43. The minimum atomic E-state index is -2.80. The van der Waals surface area contributed by atoms with Gasteiger partial charge in [0.25, 0.3) is 11.6 Å². The summed E-state index contributed by atoms with van der Waals surface area (Å²) in [6.45, 7) is 12.1. The maximum absolute atomic E-state index is 13.9. The Kier molecular flexibility index (Phi) is 27.0. The van der Waals surface area contributed by atoms with Gasteiger partial charge in [-0.25, -0.2) is 0 Å². The van der Waals surface area contributed by atoms with Crippen molar-refractivity contribution in [3.8, 4) is 11.5 Å². The molecule has 7 rings (SSSR count). The number of nitro groups is 1. The number of methoxy groups -OCH3 is 4. The molecular weight excluding hydrogens is 1100 g/mol. The van der Waals surface area contributed by atoms with E-state index in [9.17, 15) is 14.9 Å². The fraction of sp³-hybridized carbons (Fsp3) is 0.424. The molecule has 0 saturated heterocycles. The third kappa shape index (κ3) is 17.6. The highest BCUT2D eigenvalue weighted by atomic mass is 16.7. The predicted octanol–water partition coefficient (Wildman–Crippen LogP) is 9.82. The summed E-state index contributed by atoms with van der Waals surface area (Å²) < 4.78 is 76.3. The molecule has 0 radical (unpaired) electrons. The topological polar surface area (TPSA) is 191 Å². The van der Waals surface area contributed by atoms with Crippen LogP contribution in [0, 0.1) is 17.0 Å². The molecular formula is C66H85BN4O15. The van der Waals surface area contributed by atoms with Gasteiger partial charge in [0.1, 0.15) is 11.5 Å². The summed E-state index contributed by atoms with van der Waals surface area (Å²) in [4.78, 5) is 24.7. The zero-order chi connectivity index (χ0) is 61.1. The van der Waals surface area contributed by atoms with Gasteiger partial charge in [0.2, 0.25) is 0 Å². The Morgan fingerprint density at radius 2 is 1.07 bits per heavy atom. The van der Waals surface area contributed by atoms with Gasteiger partial charge in [0.15, 0.2) is 11.4 Å². The summed E-state index contributed by atoms with van der Waals surface area (Å²) in [5.74, 6) is 1.26. The molecule has 1 aromatic heterocycles. The van der Waals surface area contributed by atoms with Crippen LogP contribution < -0.4 is 14.8 Å². The zero-order valence-corrected chi connectivity index (χ0v) is 51.2. The van der Waals surface area contributed by atoms with E-state index in [-0.39, 0.29) is 38.0 Å². The molecule has 0 spiro atoms. The number of aromatic nitrogens is 1. The van der Waals surface area contributed by atoms with E-state index < -0.39 is 11.7 Å². The second kappa shape index (κ2) is 34.9. The molecule has 462 valence electrons. The van der Waals surface area contributed by atoms with E-state index >= 15 is 0 Å². The monoisotopic (exact) mass is 1180 g/mol. The van der Waals surface area contributed by atoms with E-state index in [1.54, 1.807) is 40.6 Å². The second-order valence-electron chi connectivity index (χ2n) is 20.3. The molecule has 2 aliphatic rings. The largest absolute Gasteiger partial charge is 0.666 e. The van der Waals surface area contributed by atoms with Crippen LogP contribution >= 0.6 is 0 Å². The van der Waals surface area contributed by atoms with Gasteiger partial charge in [-0.2, -0.15) is 0 Å². The third-order valence-corrected chi connectivity index (χ3v) is 14.9. The van der Waals surface area contributed by atoms with Crippen molar-refractivity contribution < 1.29 is 70.9 Å². The number of rotatable bonds is 40. The molecule has 19 nitrogen and oxygen atoms in total. The Labute approximate surface area is 506 Å². The standard InChI is InChI=1S/C66H85BN4O15/c1-9-59-49(3)64-63(54-19-21-55(22-20-54)66(72)68-32-31-53-11-23-56(24-12-53)71(73)74)65-50(4)60(10-2)62(30-18-52-15-27-58(78-8)28-16-52)70(65)67(85-47-45-83-43-41-81-39-37-79-35-33-75-5,86-48-46-84-44-42-82-40-38-80-36-34-76-6)69(64)61(59)29-17-51-13-25-57(77-7)26-14-51/h11-30H,9-10,31-48H2,1-8H3,(H,68,72)/b29-17+,30-18+. The summed E-state index contributed by atoms with van der Waals surface area (Å²) >= 11 is 0. The quantitative estimate of drug-likeness (QED) is 0.0169. The first-order chi connectivity index (χ1) is 42.0. The average molecular weight is 1190 g/mol. The van der Waals surface area contributed by atoms with Crippen molar-refractivity contribution in [3.05, 3.63) is 180 Å². The number of hydrogen-bond acceptors (Lipinski definition) is 15. The van der Waals surface area contributed by atoms with E-state index in [4.69, 9.17) is 56.7 Å². The van der Waals surface area contributed by atoms with Gasteiger partial charge in [-0.3, -0.25) is 14.9 Å². The summed E-state index contributed by atoms with van der Waals surface area (Å²) in [6.07, 6.45) is 10.4. The molecule has 0 aliphatic carbocycles. The van der Waals surface area contributed by atoms with E-state index in [0.717, 1.165) is 84.4 Å². The third-order valence-electron chi connectivity index (χ3n) is 14.9. The van der Waals surface area contributed by atoms with E-state index in [1.165, 1.54) is 12.1 Å². The molecule has 3 heterocycles. The Hall–Kier alpha value is -7.08. The highest BCUT2D eigenvalue weighted by Gasteiger charge is 2.58. The van der Waals surface area contributed by atoms with Crippen molar-refractivity contribution in [1.82, 2.24) is 9.79 Å². The predicted molar refractivity (Wildman–Crippen MR) is 334 cm³/mol. The van der Waals surface area contributed by atoms with Crippen LogP contribution in [0.15, 0.2) is 120 Å². The lowest BCUT2D eigenvalue weighted by molar-refractivity contribution is -0.385. The van der Waals surface area contributed by atoms with Crippen LogP contribution in [0.25, 0.3) is 23.8 Å². The normalized spacial score (nSPS) is 13.8. The molecule has 0 unspecified atom stereocenters. The second-order valence-corrected chi connectivity index (χ2v) is 20.3. The molecule has 1 N–H and O–H groups in total. The number of allylic oxidation sites excluding steroid dienone is 3. The molecule has 0 bridgehead atoms. The lowest BCUT2D eigenvalue weighted by atomic mass is 9.77. The number of nitrogens with one attached hydrogen (secondary N) is 1. The molecule has 0 fully saturated rings. The maximum atomic E-state index is 13.9. The molecule has 0 atom stereocenters. The molecule has 2 aliphatic heterocycles. The Morgan fingerprint density at radius 3 is 1.52 bits per heavy atom. The molecule has 86 heavy (non-hydrogen) atoms. The molecule has 20 heteroatoms. The summed E-state index contributed by atoms with van der Waals surface area (Å²) in [7, 11) is 6.59. The first-order valence-corrected chi connectivity index (χ1v) is 29.5. The van der Waals surface area contributed by atoms with Gasteiger partial charge in [-0.05, 0) is 115 Å². The van der Waals surface area contributed by atoms with Crippen LogP contribution in [-0.2, 0) is 60.0 Å². The molecule has 1 amide bonds. The Bertz CT molecular complexity index is 3090. The van der Waals surface area contributed by atoms with Gasteiger partial charge in [-0.1, -0.05) is 68.5 Å². The van der Waals surface area contributed by atoms with Gasteiger partial charge in [0.05, 0.1) is 117 Å². The van der Waals surface area contributed by atoms with Gasteiger partial charge in [0, 0.05) is 80.3 Å². The zero-order valence-electron chi connectivity index (χ0n) is 51.2. The van der Waals surface area contributed by atoms with Crippen molar-refractivity contribution in [3.63, 3.8) is 0 Å². The van der Waals surface area contributed by atoms with Crippen molar-refractivity contribution in [2.45, 2.75) is 47.0 Å². The number of non-ortho nitro benzene ring substituents is 1. The average Bonchev–Trinajstić information content (AvgIpc) is 1.50. The maximum Gasteiger partial charge on any atom is 0.666 e. The Balaban J connectivity index is 1.35. The highest BCUT2D eigenvalue weighted by Crippen LogP contribution is 2.48. The first-order valence-electron chi connectivity index (χ1n) is 29.5. The molecule has 5 aromatic rings. The summed E-state index contributed by atoms with van der Waals surface area (Å²) in [6, 6.07) is 30.0. The number of hydrogen-bond donors (Lipinski definition) is 1. The minimum Gasteiger partial charge on any atom is -0.497 e. The lowest BCUT2D eigenvalue weighted by Crippen LogP contribution is -2.63. The summed E-state index contributed by atoms with van der Waals surface area (Å²) in [5.41, 5.74) is 13.0. The first kappa shape index (κ1) is 66.5. The number of nitro benzene ring substituents is 1. The van der Waals surface area contributed by atoms with Crippen molar-refractivity contribution in [1.29, 1.82) is 0 Å². The van der Waals surface area contributed by atoms with Crippen molar-refractivity contribution >= 4 is 47.9 Å². The number of carbonyl (C=O) groups is 1. The smallest absolute Gasteiger partial charge is 0.497 e. The number of carbonyl (C=O) groups excluding carboxylic acids is 1. The SMILES string of the molecule is CCC1=C(C)C2=C(c3ccc(C(=O)NCCc4ccc([N+](=O)[O-])cc4)cc3)c3c(C)c(CC)c(/C=C/c4ccc(OC)cc4)n3[B-](OCCOCCOCCOCCOC)(OCCOCCOCCOCCOC)[N+]2=C1/C=C/c1ccc(OC)cc1. The van der Waals surface area contributed by atoms with Crippen LogP contribution in [0.5, 0.6) is 11.5 Å². The van der Waals surface area contributed by atoms with E-state index in [1.807, 2.05) is 72.8 Å². The molecule has 4 aromatic carbocycles. The fourth-order valence-corrected chi connectivity index (χ4v) is 10.6. The van der Waals surface area contributed by atoms with Crippen molar-refractivity contribution in [2.75, 3.05) is 141 Å². The van der Waals surface area contributed by atoms with Crippen LogP contribution in [0.2, 0.25) is 0 Å². The van der Waals surface area contributed by atoms with Crippen LogP contribution in [-0.4, -0.2) is 173 Å². The van der Waals surface area contributed by atoms with Crippen LogP contribution in [0.4, 0.5) is 5.69 Å². The number of amides is 1. The number of fused-ring (bicyclic) bond motifs is 2. The van der Waals surface area contributed by atoms with Gasteiger partial charge < -0.3 is 71.0 Å². The van der Waals surface area contributed by atoms with Gasteiger partial charge >= 0.3 is 6.82 Å². The minimum absolute atomic E-state index is 0.0171. The fourth-order valence-electron chi connectivity index (χ4n) is 10.6. The highest BCUT2D eigenvalue weighted by molar-refractivity contribution is 6.60. The number of benzene rings is 4. The van der Waals surface area contributed by atoms with Crippen molar-refractivity contribution in [2.24, 2.45) is 0 Å². The van der Waals surface area contributed by atoms with E-state index in [2.05, 4.69) is 66.3 Å². The van der Waals surface area contributed by atoms with E-state index in [0.29, 0.717) is 111 Å². The Morgan fingerprint density at radius 1 is 0.593 bits per heavy atom. The summed E-state index contributed by atoms with van der Waals surface area (Å²) in [5, 5.41) is 14.3. The molecule has 0 saturated carbocycles. The number of ether oxygens (including phenoxy) is 10.